The fourth-order valence-electron chi connectivity index (χ4n) is 3.93. The molecule has 0 fully saturated rings. The fourth-order valence-corrected chi connectivity index (χ4v) is 3.93. The average Bonchev–Trinajstić information content (AvgIpc) is 3.36. The molecule has 31 heavy (non-hydrogen) atoms. The van der Waals surface area contributed by atoms with Gasteiger partial charge >= 0.3 is 0 Å². The van der Waals surface area contributed by atoms with Crippen molar-refractivity contribution in [3.8, 4) is 0 Å². The number of nitrogens with one attached hydrogen (secondary N) is 3. The molecule has 0 bridgehead atoms. The number of amides is 1. The number of aromatic amines is 1. The van der Waals surface area contributed by atoms with Gasteiger partial charge in [-0.3, -0.25) is 4.79 Å². The first-order valence-electron chi connectivity index (χ1n) is 10.2. The van der Waals surface area contributed by atoms with Gasteiger partial charge in [0.2, 0.25) is 0 Å². The van der Waals surface area contributed by atoms with Crippen LogP contribution in [0.15, 0.2) is 73.1 Å². The molecule has 0 radical (unpaired) electrons. The van der Waals surface area contributed by atoms with Crippen molar-refractivity contribution in [3.05, 3.63) is 89.7 Å². The smallest absolute Gasteiger partial charge is 0.258 e. The highest BCUT2D eigenvalue weighted by molar-refractivity contribution is 6.37. The lowest BCUT2D eigenvalue weighted by Gasteiger charge is -2.16. The summed E-state index contributed by atoms with van der Waals surface area (Å²) in [5.74, 6) is -0.116. The number of hydrogen-bond donors (Lipinski definition) is 3. The van der Waals surface area contributed by atoms with E-state index in [-0.39, 0.29) is 5.91 Å². The van der Waals surface area contributed by atoms with E-state index in [1.165, 1.54) is 5.56 Å². The third-order valence-corrected chi connectivity index (χ3v) is 5.35. The number of rotatable bonds is 5. The van der Waals surface area contributed by atoms with E-state index in [0.717, 1.165) is 45.8 Å². The van der Waals surface area contributed by atoms with Crippen LogP contribution in [-0.2, 0) is 11.3 Å². The highest BCUT2D eigenvalue weighted by atomic mass is 16.2. The van der Waals surface area contributed by atoms with Crippen LogP contribution in [0, 0.1) is 0 Å². The summed E-state index contributed by atoms with van der Waals surface area (Å²) in [5, 5.41) is 6.50. The second-order valence-electron chi connectivity index (χ2n) is 7.94. The number of H-pyrrole nitrogens is 1. The minimum Gasteiger partial charge on any atom is -0.354 e. The van der Waals surface area contributed by atoms with Gasteiger partial charge in [0.25, 0.3) is 5.91 Å². The van der Waals surface area contributed by atoms with Crippen LogP contribution in [0.2, 0.25) is 0 Å². The largest absolute Gasteiger partial charge is 0.354 e. The number of aromatic nitrogens is 2. The molecule has 1 aromatic heterocycles. The number of benzene rings is 3. The van der Waals surface area contributed by atoms with Crippen LogP contribution < -0.4 is 10.6 Å². The lowest BCUT2D eigenvalue weighted by atomic mass is 9.99. The molecule has 1 amide bonds. The van der Waals surface area contributed by atoms with E-state index in [1.54, 1.807) is 6.33 Å². The average molecular weight is 409 g/mol. The molecule has 1 aliphatic heterocycles. The molecular formula is C25H23N5O. The van der Waals surface area contributed by atoms with Gasteiger partial charge in [-0.05, 0) is 50.0 Å². The van der Waals surface area contributed by atoms with Crippen molar-refractivity contribution in [1.29, 1.82) is 0 Å². The van der Waals surface area contributed by atoms with Gasteiger partial charge < -0.3 is 20.5 Å². The summed E-state index contributed by atoms with van der Waals surface area (Å²) in [6.45, 7) is 0.875. The van der Waals surface area contributed by atoms with E-state index in [1.807, 2.05) is 54.6 Å². The van der Waals surface area contributed by atoms with E-state index < -0.39 is 0 Å². The molecule has 0 saturated heterocycles. The first-order chi connectivity index (χ1) is 15.1. The van der Waals surface area contributed by atoms with E-state index in [9.17, 15) is 4.79 Å². The molecule has 0 atom stereocenters. The molecule has 2 heterocycles. The van der Waals surface area contributed by atoms with Crippen molar-refractivity contribution in [1.82, 2.24) is 14.9 Å². The van der Waals surface area contributed by atoms with Crippen LogP contribution in [0.3, 0.4) is 0 Å². The third kappa shape index (κ3) is 3.69. The zero-order chi connectivity index (χ0) is 21.4. The van der Waals surface area contributed by atoms with Crippen molar-refractivity contribution in [2.75, 3.05) is 24.7 Å². The standard InChI is InChI=1S/C25H23N5O/c1-30(2)14-16-7-10-18(11-8-16)28-24(17-9-12-21-22(13-17)27-15-26-21)23-19-5-3-4-6-20(19)29-25(23)31/h3-13,15,28H,14H2,1-2H3,(H,26,27)(H,29,31)/b24-23-. The number of carbonyl (C=O) groups excluding carboxylic acids is 1. The van der Waals surface area contributed by atoms with E-state index in [2.05, 4.69) is 51.7 Å². The Balaban J connectivity index is 1.62. The van der Waals surface area contributed by atoms with Crippen LogP contribution in [0.4, 0.5) is 11.4 Å². The topological polar surface area (TPSA) is 73.1 Å². The van der Waals surface area contributed by atoms with Crippen molar-refractivity contribution < 1.29 is 4.79 Å². The first kappa shape index (κ1) is 19.1. The Hall–Kier alpha value is -3.90. The predicted octanol–water partition coefficient (Wildman–Crippen LogP) is 4.56. The Labute approximate surface area is 180 Å². The Morgan fingerprint density at radius 3 is 2.65 bits per heavy atom. The molecule has 0 aliphatic carbocycles. The molecule has 6 heteroatoms. The SMILES string of the molecule is CN(C)Cc1ccc(N/C(=C2\C(=O)Nc3ccccc32)c2ccc3[nH]cnc3c2)cc1. The minimum atomic E-state index is -0.116. The monoisotopic (exact) mass is 409 g/mol. The number of anilines is 2. The summed E-state index contributed by atoms with van der Waals surface area (Å²) < 4.78 is 0. The molecule has 1 aliphatic rings. The second kappa shape index (κ2) is 7.74. The minimum absolute atomic E-state index is 0.116. The zero-order valence-corrected chi connectivity index (χ0v) is 17.4. The fraction of sp³-hybridized carbons (Fsp3) is 0.120. The van der Waals surface area contributed by atoms with Crippen molar-refractivity contribution in [3.63, 3.8) is 0 Å². The van der Waals surface area contributed by atoms with Crippen molar-refractivity contribution in [2.24, 2.45) is 0 Å². The zero-order valence-electron chi connectivity index (χ0n) is 17.4. The summed E-state index contributed by atoms with van der Waals surface area (Å²) in [6, 6.07) is 22.0. The Bertz CT molecular complexity index is 1300. The Morgan fingerprint density at radius 1 is 1.03 bits per heavy atom. The molecule has 154 valence electrons. The Kier molecular flexibility index (Phi) is 4.76. The molecule has 5 rings (SSSR count). The number of para-hydroxylation sites is 1. The van der Waals surface area contributed by atoms with Crippen molar-refractivity contribution >= 4 is 39.6 Å². The second-order valence-corrected chi connectivity index (χ2v) is 7.94. The van der Waals surface area contributed by atoms with Crippen LogP contribution >= 0.6 is 0 Å². The number of carbonyl (C=O) groups is 1. The molecule has 0 spiro atoms. The van der Waals surface area contributed by atoms with Crippen LogP contribution in [0.25, 0.3) is 22.3 Å². The maximum absolute atomic E-state index is 13.0. The molecular weight excluding hydrogens is 386 g/mol. The first-order valence-corrected chi connectivity index (χ1v) is 10.2. The van der Waals surface area contributed by atoms with Crippen molar-refractivity contribution in [2.45, 2.75) is 6.54 Å². The molecule has 0 saturated carbocycles. The highest BCUT2D eigenvalue weighted by Crippen LogP contribution is 2.37. The summed E-state index contributed by atoms with van der Waals surface area (Å²) in [4.78, 5) is 22.6. The summed E-state index contributed by atoms with van der Waals surface area (Å²) in [5.41, 5.74) is 7.96. The van der Waals surface area contributed by atoms with Crippen LogP contribution in [-0.4, -0.2) is 34.9 Å². The number of hydrogen-bond acceptors (Lipinski definition) is 4. The maximum atomic E-state index is 13.0. The number of fused-ring (bicyclic) bond motifs is 2. The van der Waals surface area contributed by atoms with Gasteiger partial charge in [0.1, 0.15) is 0 Å². The van der Waals surface area contributed by atoms with Gasteiger partial charge in [-0.2, -0.15) is 0 Å². The Morgan fingerprint density at radius 2 is 1.84 bits per heavy atom. The molecule has 3 N–H and O–H groups in total. The molecule has 0 unspecified atom stereocenters. The van der Waals surface area contributed by atoms with E-state index in [0.29, 0.717) is 5.57 Å². The summed E-state index contributed by atoms with van der Waals surface area (Å²) in [6.07, 6.45) is 1.68. The van der Waals surface area contributed by atoms with Crippen LogP contribution in [0.1, 0.15) is 16.7 Å². The third-order valence-electron chi connectivity index (χ3n) is 5.35. The van der Waals surface area contributed by atoms with Gasteiger partial charge in [0.15, 0.2) is 0 Å². The molecule has 6 nitrogen and oxygen atoms in total. The summed E-state index contributed by atoms with van der Waals surface area (Å²) in [7, 11) is 4.10. The lowest BCUT2D eigenvalue weighted by molar-refractivity contribution is -0.110. The van der Waals surface area contributed by atoms with E-state index >= 15 is 0 Å². The quantitative estimate of drug-likeness (QED) is 0.423. The van der Waals surface area contributed by atoms with E-state index in [4.69, 9.17) is 0 Å². The summed E-state index contributed by atoms with van der Waals surface area (Å²) >= 11 is 0. The van der Waals surface area contributed by atoms with Crippen LogP contribution in [0.5, 0.6) is 0 Å². The highest BCUT2D eigenvalue weighted by Gasteiger charge is 2.28. The molecule has 3 aromatic carbocycles. The van der Waals surface area contributed by atoms with Gasteiger partial charge in [-0.25, -0.2) is 4.98 Å². The maximum Gasteiger partial charge on any atom is 0.258 e. The van der Waals surface area contributed by atoms with Gasteiger partial charge in [-0.15, -0.1) is 0 Å². The normalized spacial score (nSPS) is 14.6. The number of imidazole rings is 1. The predicted molar refractivity (Wildman–Crippen MR) is 125 cm³/mol. The van der Waals surface area contributed by atoms with Gasteiger partial charge in [0, 0.05) is 29.0 Å². The van der Waals surface area contributed by atoms with Gasteiger partial charge in [0.05, 0.1) is 28.6 Å². The number of nitrogens with zero attached hydrogens (tertiary/aromatic N) is 2. The molecule has 4 aromatic rings. The van der Waals surface area contributed by atoms with Gasteiger partial charge in [-0.1, -0.05) is 36.4 Å². The lowest BCUT2D eigenvalue weighted by Crippen LogP contribution is -2.11.